The second-order valence-electron chi connectivity index (χ2n) is 5.52. The maximum atomic E-state index is 12.0. The lowest BCUT2D eigenvalue weighted by Crippen LogP contribution is -2.38. The van der Waals surface area contributed by atoms with E-state index >= 15 is 0 Å². The predicted molar refractivity (Wildman–Crippen MR) is 76.7 cm³/mol. The van der Waals surface area contributed by atoms with Gasteiger partial charge >= 0.3 is 0 Å². The van der Waals surface area contributed by atoms with Gasteiger partial charge in [0.15, 0.2) is 0 Å². The zero-order valence-electron chi connectivity index (χ0n) is 12.2. The van der Waals surface area contributed by atoms with E-state index in [1.165, 1.54) is 38.5 Å². The molecule has 1 aliphatic rings. The van der Waals surface area contributed by atoms with Crippen LogP contribution in [0.1, 0.15) is 64.7 Å². The number of carbonyl (C=O) groups excluding carboxylic acids is 1. The molecule has 0 aromatic heterocycles. The van der Waals surface area contributed by atoms with Gasteiger partial charge in [-0.05, 0) is 19.4 Å². The van der Waals surface area contributed by atoms with Crippen LogP contribution in [0.2, 0.25) is 0 Å². The summed E-state index contributed by atoms with van der Waals surface area (Å²) >= 11 is 0. The number of hydrogen-bond donors (Lipinski definition) is 1. The molecule has 1 amide bonds. The first-order valence-electron chi connectivity index (χ1n) is 7.72. The molecule has 1 fully saturated rings. The third kappa shape index (κ3) is 5.85. The Hall–Kier alpha value is -0.570. The summed E-state index contributed by atoms with van der Waals surface area (Å²) < 4.78 is 0. The van der Waals surface area contributed by atoms with E-state index in [9.17, 15) is 4.79 Å². The molecule has 1 unspecified atom stereocenters. The van der Waals surface area contributed by atoms with Crippen molar-refractivity contribution >= 4 is 5.91 Å². The Morgan fingerprint density at radius 1 is 1.17 bits per heavy atom. The molecule has 0 aromatic rings. The van der Waals surface area contributed by atoms with Crippen molar-refractivity contribution in [3.05, 3.63) is 0 Å². The van der Waals surface area contributed by atoms with Gasteiger partial charge in [-0.15, -0.1) is 0 Å². The fourth-order valence-corrected chi connectivity index (χ4v) is 2.58. The smallest absolute Gasteiger partial charge is 0.222 e. The molecule has 1 heterocycles. The zero-order valence-corrected chi connectivity index (χ0v) is 12.2. The fraction of sp³-hybridized carbons (Fsp3) is 0.933. The van der Waals surface area contributed by atoms with E-state index in [4.69, 9.17) is 0 Å². The van der Waals surface area contributed by atoms with Crippen LogP contribution >= 0.6 is 0 Å². The first kappa shape index (κ1) is 15.5. The Bertz CT molecular complexity index is 225. The van der Waals surface area contributed by atoms with Crippen molar-refractivity contribution < 1.29 is 4.79 Å². The summed E-state index contributed by atoms with van der Waals surface area (Å²) in [5.74, 6) is 0.331. The monoisotopic (exact) mass is 254 g/mol. The number of unbranched alkanes of at least 4 members (excludes halogenated alkanes) is 6. The summed E-state index contributed by atoms with van der Waals surface area (Å²) in [6.45, 7) is 4.27. The SMILES string of the molecule is CCCCCCCCCC(=O)N(C)C1CCNC1. The lowest BCUT2D eigenvalue weighted by atomic mass is 10.1. The minimum atomic E-state index is 0.331. The Labute approximate surface area is 112 Å². The Morgan fingerprint density at radius 2 is 1.83 bits per heavy atom. The standard InChI is InChI=1S/C15H30N2O/c1-3-4-5-6-7-8-9-10-15(18)17(2)14-11-12-16-13-14/h14,16H,3-13H2,1-2H3. The highest BCUT2D eigenvalue weighted by molar-refractivity contribution is 5.76. The molecular formula is C15H30N2O. The van der Waals surface area contributed by atoms with E-state index < -0.39 is 0 Å². The highest BCUT2D eigenvalue weighted by Crippen LogP contribution is 2.12. The largest absolute Gasteiger partial charge is 0.341 e. The number of likely N-dealkylation sites (N-methyl/N-ethyl adjacent to an activating group) is 1. The van der Waals surface area contributed by atoms with E-state index in [1.54, 1.807) is 0 Å². The highest BCUT2D eigenvalue weighted by atomic mass is 16.2. The topological polar surface area (TPSA) is 32.3 Å². The van der Waals surface area contributed by atoms with Gasteiger partial charge in [0.1, 0.15) is 0 Å². The van der Waals surface area contributed by atoms with Crippen molar-refractivity contribution in [1.29, 1.82) is 0 Å². The van der Waals surface area contributed by atoms with Gasteiger partial charge in [0.05, 0.1) is 0 Å². The van der Waals surface area contributed by atoms with Crippen molar-refractivity contribution in [1.82, 2.24) is 10.2 Å². The molecule has 0 aliphatic carbocycles. The van der Waals surface area contributed by atoms with Crippen LogP contribution in [0.25, 0.3) is 0 Å². The maximum absolute atomic E-state index is 12.0. The average Bonchev–Trinajstić information content (AvgIpc) is 2.90. The van der Waals surface area contributed by atoms with Crippen LogP contribution in [-0.4, -0.2) is 37.0 Å². The second kappa shape index (κ2) is 9.37. The van der Waals surface area contributed by atoms with E-state index in [0.717, 1.165) is 32.4 Å². The van der Waals surface area contributed by atoms with Gasteiger partial charge < -0.3 is 10.2 Å². The van der Waals surface area contributed by atoms with Crippen molar-refractivity contribution in [2.24, 2.45) is 0 Å². The number of carbonyl (C=O) groups is 1. The molecule has 18 heavy (non-hydrogen) atoms. The molecule has 0 saturated carbocycles. The minimum Gasteiger partial charge on any atom is -0.341 e. The number of nitrogens with zero attached hydrogens (tertiary/aromatic N) is 1. The molecule has 3 nitrogen and oxygen atoms in total. The molecule has 1 aliphatic heterocycles. The van der Waals surface area contributed by atoms with Crippen LogP contribution in [0.15, 0.2) is 0 Å². The number of hydrogen-bond acceptors (Lipinski definition) is 2. The van der Waals surface area contributed by atoms with E-state index in [-0.39, 0.29) is 0 Å². The van der Waals surface area contributed by atoms with Crippen LogP contribution in [0, 0.1) is 0 Å². The molecule has 0 bridgehead atoms. The summed E-state index contributed by atoms with van der Waals surface area (Å²) in [5.41, 5.74) is 0. The molecule has 0 aromatic carbocycles. The van der Waals surface area contributed by atoms with Crippen LogP contribution in [0.4, 0.5) is 0 Å². The highest BCUT2D eigenvalue weighted by Gasteiger charge is 2.22. The van der Waals surface area contributed by atoms with E-state index in [1.807, 2.05) is 11.9 Å². The van der Waals surface area contributed by atoms with Crippen LogP contribution in [-0.2, 0) is 4.79 Å². The molecule has 3 heteroatoms. The van der Waals surface area contributed by atoms with Gasteiger partial charge in [-0.2, -0.15) is 0 Å². The number of rotatable bonds is 9. The average molecular weight is 254 g/mol. The third-order valence-electron chi connectivity index (χ3n) is 3.97. The van der Waals surface area contributed by atoms with Gasteiger partial charge in [0.25, 0.3) is 0 Å². The third-order valence-corrected chi connectivity index (χ3v) is 3.97. The summed E-state index contributed by atoms with van der Waals surface area (Å²) in [5, 5.41) is 3.31. The van der Waals surface area contributed by atoms with Crippen molar-refractivity contribution in [2.75, 3.05) is 20.1 Å². The predicted octanol–water partition coefficient (Wildman–Crippen LogP) is 2.95. The lowest BCUT2D eigenvalue weighted by Gasteiger charge is -2.23. The molecule has 1 saturated heterocycles. The first-order chi connectivity index (χ1) is 8.75. The summed E-state index contributed by atoms with van der Waals surface area (Å²) in [6.07, 6.45) is 10.8. The Kier molecular flexibility index (Phi) is 8.06. The minimum absolute atomic E-state index is 0.331. The molecule has 1 N–H and O–H groups in total. The molecular weight excluding hydrogens is 224 g/mol. The van der Waals surface area contributed by atoms with E-state index in [0.29, 0.717) is 11.9 Å². The van der Waals surface area contributed by atoms with Crippen molar-refractivity contribution in [2.45, 2.75) is 70.8 Å². The van der Waals surface area contributed by atoms with Crippen LogP contribution < -0.4 is 5.32 Å². The fourth-order valence-electron chi connectivity index (χ4n) is 2.58. The summed E-state index contributed by atoms with van der Waals surface area (Å²) in [7, 11) is 1.96. The molecule has 106 valence electrons. The van der Waals surface area contributed by atoms with Gasteiger partial charge in [0.2, 0.25) is 5.91 Å². The Balaban J connectivity index is 1.99. The normalized spacial score (nSPS) is 19.1. The molecule has 1 atom stereocenters. The molecule has 0 spiro atoms. The van der Waals surface area contributed by atoms with Gasteiger partial charge in [-0.3, -0.25) is 4.79 Å². The molecule has 1 rings (SSSR count). The summed E-state index contributed by atoms with van der Waals surface area (Å²) in [4.78, 5) is 13.9. The van der Waals surface area contributed by atoms with Gasteiger partial charge in [0, 0.05) is 26.1 Å². The van der Waals surface area contributed by atoms with Crippen LogP contribution in [0.5, 0.6) is 0 Å². The quantitative estimate of drug-likeness (QED) is 0.642. The molecule has 0 radical (unpaired) electrons. The number of nitrogens with one attached hydrogen (secondary N) is 1. The summed E-state index contributed by atoms with van der Waals surface area (Å²) in [6, 6.07) is 0.432. The van der Waals surface area contributed by atoms with Crippen molar-refractivity contribution in [3.8, 4) is 0 Å². The van der Waals surface area contributed by atoms with E-state index in [2.05, 4.69) is 12.2 Å². The van der Waals surface area contributed by atoms with Gasteiger partial charge in [-0.1, -0.05) is 45.4 Å². The lowest BCUT2D eigenvalue weighted by molar-refractivity contribution is -0.131. The zero-order chi connectivity index (χ0) is 13.2. The number of amides is 1. The Morgan fingerprint density at radius 3 is 2.44 bits per heavy atom. The van der Waals surface area contributed by atoms with Crippen molar-refractivity contribution in [3.63, 3.8) is 0 Å². The maximum Gasteiger partial charge on any atom is 0.222 e. The van der Waals surface area contributed by atoms with Gasteiger partial charge in [-0.25, -0.2) is 0 Å². The van der Waals surface area contributed by atoms with Crippen LogP contribution in [0.3, 0.4) is 0 Å². The first-order valence-corrected chi connectivity index (χ1v) is 7.72. The second-order valence-corrected chi connectivity index (χ2v) is 5.52.